The van der Waals surface area contributed by atoms with E-state index in [1.165, 1.54) is 16.3 Å². The number of aromatic hydroxyl groups is 1. The summed E-state index contributed by atoms with van der Waals surface area (Å²) in [4.78, 5) is 13.3. The Hall–Kier alpha value is -6.27. The summed E-state index contributed by atoms with van der Waals surface area (Å²) in [5.74, 6) is 0.793. The Labute approximate surface area is 257 Å². The van der Waals surface area contributed by atoms with Gasteiger partial charge in [0.1, 0.15) is 11.2 Å². The van der Waals surface area contributed by atoms with Crippen LogP contribution in [0.25, 0.3) is 83.3 Å². The third kappa shape index (κ3) is 4.07. The van der Waals surface area contributed by atoms with Gasteiger partial charge in [0.25, 0.3) is 0 Å². The molecule has 0 aliphatic rings. The van der Waals surface area contributed by atoms with Crippen LogP contribution >= 0.6 is 0 Å². The highest BCUT2D eigenvalue weighted by atomic mass is 16.3. The molecular formula is C39H24N4O2. The molecule has 212 valence electrons. The van der Waals surface area contributed by atoms with Crippen molar-refractivity contribution < 1.29 is 9.52 Å². The standard InChI is InChI=1S/C39H24N4O2/c44-39-41-37(24-10-3-1-4-11-24)40-38(42-39)29-15-9-17-35-36(29)31-23-26(19-21-34(31)45-35)25-18-20-33-30(22-25)28-14-7-8-16-32(28)43(33)27-12-5-2-6-13-27/h1-23H,(H,40,41,42,44). The lowest BCUT2D eigenvalue weighted by Crippen LogP contribution is -1.96. The molecule has 0 saturated heterocycles. The van der Waals surface area contributed by atoms with E-state index in [0.717, 1.165) is 55.4 Å². The lowest BCUT2D eigenvalue weighted by atomic mass is 9.99. The molecule has 3 heterocycles. The van der Waals surface area contributed by atoms with E-state index in [4.69, 9.17) is 9.40 Å². The van der Waals surface area contributed by atoms with Crippen molar-refractivity contribution in [2.24, 2.45) is 0 Å². The Bertz CT molecular complexity index is 2550. The van der Waals surface area contributed by atoms with Gasteiger partial charge in [-0.25, -0.2) is 4.98 Å². The maximum absolute atomic E-state index is 10.5. The SMILES string of the molecule is Oc1nc(-c2ccccc2)nc(-c2cccc3oc4ccc(-c5ccc6c(c5)c5ccccc5n6-c5ccccc5)cc4c23)n1. The Morgan fingerprint density at radius 2 is 1.18 bits per heavy atom. The lowest BCUT2D eigenvalue weighted by molar-refractivity contribution is 0.430. The molecule has 0 saturated carbocycles. The first-order valence-corrected chi connectivity index (χ1v) is 14.8. The van der Waals surface area contributed by atoms with E-state index < -0.39 is 0 Å². The predicted octanol–water partition coefficient (Wildman–Crippen LogP) is 9.57. The van der Waals surface area contributed by atoms with Crippen molar-refractivity contribution in [2.75, 3.05) is 0 Å². The average molecular weight is 581 g/mol. The molecule has 0 aliphatic carbocycles. The van der Waals surface area contributed by atoms with Crippen molar-refractivity contribution in [3.8, 4) is 45.6 Å². The summed E-state index contributed by atoms with van der Waals surface area (Å²) < 4.78 is 8.61. The smallest absolute Gasteiger partial charge is 0.318 e. The molecule has 3 aromatic heterocycles. The molecule has 0 spiro atoms. The second-order valence-corrected chi connectivity index (χ2v) is 11.1. The van der Waals surface area contributed by atoms with Gasteiger partial charge in [-0.2, -0.15) is 9.97 Å². The van der Waals surface area contributed by atoms with Gasteiger partial charge in [0.05, 0.1) is 11.0 Å². The second-order valence-electron chi connectivity index (χ2n) is 11.1. The third-order valence-electron chi connectivity index (χ3n) is 8.41. The molecule has 0 unspecified atom stereocenters. The number of rotatable bonds is 4. The van der Waals surface area contributed by atoms with Crippen molar-refractivity contribution in [1.29, 1.82) is 0 Å². The minimum atomic E-state index is -0.327. The predicted molar refractivity (Wildman–Crippen MR) is 179 cm³/mol. The maximum Gasteiger partial charge on any atom is 0.318 e. The molecule has 6 nitrogen and oxygen atoms in total. The molecule has 0 bridgehead atoms. The molecule has 1 N–H and O–H groups in total. The first kappa shape index (κ1) is 25.2. The van der Waals surface area contributed by atoms with Gasteiger partial charge in [-0.1, -0.05) is 91.0 Å². The summed E-state index contributed by atoms with van der Waals surface area (Å²) in [6.07, 6.45) is 0. The van der Waals surface area contributed by atoms with Crippen molar-refractivity contribution in [3.63, 3.8) is 0 Å². The van der Waals surface area contributed by atoms with Crippen molar-refractivity contribution >= 4 is 43.7 Å². The number of benzene rings is 6. The van der Waals surface area contributed by atoms with Crippen LogP contribution in [0.15, 0.2) is 144 Å². The minimum Gasteiger partial charge on any atom is -0.479 e. The number of aromatic nitrogens is 4. The molecule has 0 atom stereocenters. The summed E-state index contributed by atoms with van der Waals surface area (Å²) in [6, 6.07) is 47.1. The molecule has 0 radical (unpaired) electrons. The fourth-order valence-electron chi connectivity index (χ4n) is 6.40. The van der Waals surface area contributed by atoms with Gasteiger partial charge in [0.2, 0.25) is 0 Å². The molecule has 45 heavy (non-hydrogen) atoms. The van der Waals surface area contributed by atoms with Gasteiger partial charge in [-0.3, -0.25) is 0 Å². The first-order valence-electron chi connectivity index (χ1n) is 14.8. The number of hydrogen-bond acceptors (Lipinski definition) is 5. The van der Waals surface area contributed by atoms with E-state index >= 15 is 0 Å². The highest BCUT2D eigenvalue weighted by Gasteiger charge is 2.18. The number of fused-ring (bicyclic) bond motifs is 6. The zero-order valence-electron chi connectivity index (χ0n) is 23.9. The summed E-state index contributed by atoms with van der Waals surface area (Å²) in [7, 11) is 0. The van der Waals surface area contributed by atoms with Gasteiger partial charge < -0.3 is 14.1 Å². The van der Waals surface area contributed by atoms with E-state index in [9.17, 15) is 5.11 Å². The minimum absolute atomic E-state index is 0.327. The molecular weight excluding hydrogens is 556 g/mol. The molecule has 0 aliphatic heterocycles. The number of para-hydroxylation sites is 2. The average Bonchev–Trinajstić information content (AvgIpc) is 3.64. The number of nitrogens with zero attached hydrogens (tertiary/aromatic N) is 4. The Balaban J connectivity index is 1.23. The van der Waals surface area contributed by atoms with Crippen molar-refractivity contribution in [1.82, 2.24) is 19.5 Å². The quantitative estimate of drug-likeness (QED) is 0.224. The largest absolute Gasteiger partial charge is 0.479 e. The Morgan fingerprint density at radius 1 is 0.489 bits per heavy atom. The summed E-state index contributed by atoms with van der Waals surface area (Å²) in [5, 5.41) is 14.7. The molecule has 0 amide bonds. The van der Waals surface area contributed by atoms with Crippen LogP contribution in [0.2, 0.25) is 0 Å². The summed E-state index contributed by atoms with van der Waals surface area (Å²) in [5.41, 5.74) is 8.70. The topological polar surface area (TPSA) is 77.0 Å². The zero-order chi connectivity index (χ0) is 29.9. The summed E-state index contributed by atoms with van der Waals surface area (Å²) in [6.45, 7) is 0. The zero-order valence-corrected chi connectivity index (χ0v) is 23.9. The highest BCUT2D eigenvalue weighted by Crippen LogP contribution is 2.40. The van der Waals surface area contributed by atoms with E-state index in [0.29, 0.717) is 11.6 Å². The lowest BCUT2D eigenvalue weighted by Gasteiger charge is -2.08. The normalized spacial score (nSPS) is 11.6. The van der Waals surface area contributed by atoms with Gasteiger partial charge >= 0.3 is 6.01 Å². The van der Waals surface area contributed by atoms with E-state index in [1.54, 1.807) is 0 Å². The van der Waals surface area contributed by atoms with Crippen molar-refractivity contribution in [3.05, 3.63) is 140 Å². The molecule has 0 fully saturated rings. The van der Waals surface area contributed by atoms with E-state index in [2.05, 4.69) is 93.4 Å². The fourth-order valence-corrected chi connectivity index (χ4v) is 6.40. The van der Waals surface area contributed by atoms with Crippen molar-refractivity contribution in [2.45, 2.75) is 0 Å². The van der Waals surface area contributed by atoms with Crippen LogP contribution in [0, 0.1) is 0 Å². The van der Waals surface area contributed by atoms with Crippen LogP contribution in [0.3, 0.4) is 0 Å². The van der Waals surface area contributed by atoms with Crippen LogP contribution in [0.5, 0.6) is 6.01 Å². The monoisotopic (exact) mass is 580 g/mol. The van der Waals surface area contributed by atoms with Crippen LogP contribution in [-0.2, 0) is 0 Å². The number of furan rings is 1. The second kappa shape index (κ2) is 9.89. The first-order chi connectivity index (χ1) is 22.2. The molecule has 9 aromatic rings. The fraction of sp³-hybridized carbons (Fsp3) is 0. The highest BCUT2D eigenvalue weighted by molar-refractivity contribution is 6.14. The van der Waals surface area contributed by atoms with E-state index in [-0.39, 0.29) is 6.01 Å². The molecule has 6 heteroatoms. The van der Waals surface area contributed by atoms with Crippen LogP contribution < -0.4 is 0 Å². The molecule has 9 rings (SSSR count). The Morgan fingerprint density at radius 3 is 2.02 bits per heavy atom. The molecule has 6 aromatic carbocycles. The van der Waals surface area contributed by atoms with Crippen LogP contribution in [0.1, 0.15) is 0 Å². The maximum atomic E-state index is 10.5. The van der Waals surface area contributed by atoms with Gasteiger partial charge in [0.15, 0.2) is 11.6 Å². The Kier molecular flexibility index (Phi) is 5.55. The van der Waals surface area contributed by atoms with Gasteiger partial charge in [0, 0.05) is 38.4 Å². The number of hydrogen-bond donors (Lipinski definition) is 1. The third-order valence-corrected chi connectivity index (χ3v) is 8.41. The summed E-state index contributed by atoms with van der Waals surface area (Å²) >= 11 is 0. The van der Waals surface area contributed by atoms with Crippen LogP contribution in [-0.4, -0.2) is 24.6 Å². The van der Waals surface area contributed by atoms with Crippen LogP contribution in [0.4, 0.5) is 0 Å². The van der Waals surface area contributed by atoms with E-state index in [1.807, 2.05) is 60.7 Å². The van der Waals surface area contributed by atoms with Gasteiger partial charge in [-0.05, 0) is 59.7 Å². The van der Waals surface area contributed by atoms with Gasteiger partial charge in [-0.15, -0.1) is 0 Å².